The van der Waals surface area contributed by atoms with Gasteiger partial charge < -0.3 is 4.74 Å². The summed E-state index contributed by atoms with van der Waals surface area (Å²) >= 11 is 0. The smallest absolute Gasteiger partial charge is 0.152 e. The third kappa shape index (κ3) is 2.76. The second-order valence-electron chi connectivity index (χ2n) is 2.69. The van der Waals surface area contributed by atoms with Crippen molar-refractivity contribution >= 4 is 9.84 Å². The van der Waals surface area contributed by atoms with E-state index in [-0.39, 0.29) is 11.5 Å². The molecular formula is C6H13NO3S. The minimum atomic E-state index is -2.73. The molecule has 0 atom stereocenters. The monoisotopic (exact) mass is 179 g/mol. The van der Waals surface area contributed by atoms with Crippen molar-refractivity contribution in [3.8, 4) is 0 Å². The maximum atomic E-state index is 10.9. The highest BCUT2D eigenvalue weighted by Gasteiger charge is 2.20. The molecule has 0 saturated carbocycles. The average molecular weight is 179 g/mol. The van der Waals surface area contributed by atoms with E-state index in [1.807, 2.05) is 4.90 Å². The number of hydrogen-bond acceptors (Lipinski definition) is 4. The fourth-order valence-corrected chi connectivity index (χ4v) is 2.34. The topological polar surface area (TPSA) is 46.6 Å². The van der Waals surface area contributed by atoms with E-state index in [4.69, 9.17) is 4.74 Å². The van der Waals surface area contributed by atoms with Gasteiger partial charge in [-0.05, 0) is 0 Å². The third-order valence-electron chi connectivity index (χ3n) is 1.75. The second kappa shape index (κ2) is 3.51. The number of methoxy groups -OCH3 is 1. The van der Waals surface area contributed by atoms with E-state index in [2.05, 4.69) is 0 Å². The first-order chi connectivity index (χ1) is 5.14. The van der Waals surface area contributed by atoms with Crippen molar-refractivity contribution in [3.63, 3.8) is 0 Å². The average Bonchev–Trinajstić information content (AvgIpc) is 1.94. The molecule has 11 heavy (non-hydrogen) atoms. The van der Waals surface area contributed by atoms with Crippen LogP contribution in [0.15, 0.2) is 0 Å². The van der Waals surface area contributed by atoms with Gasteiger partial charge in [-0.25, -0.2) is 8.42 Å². The molecule has 0 aromatic heterocycles. The van der Waals surface area contributed by atoms with E-state index < -0.39 is 9.84 Å². The van der Waals surface area contributed by atoms with Gasteiger partial charge in [0.2, 0.25) is 0 Å². The number of rotatable bonds is 2. The summed E-state index contributed by atoms with van der Waals surface area (Å²) in [6.07, 6.45) is 0. The molecule has 1 rings (SSSR count). The molecule has 1 fully saturated rings. The summed E-state index contributed by atoms with van der Waals surface area (Å²) in [5.74, 6) is 0.548. The van der Waals surface area contributed by atoms with Gasteiger partial charge >= 0.3 is 0 Å². The minimum absolute atomic E-state index is 0.274. The first kappa shape index (κ1) is 8.96. The van der Waals surface area contributed by atoms with Gasteiger partial charge in [-0.3, -0.25) is 4.90 Å². The molecule has 1 heterocycles. The molecule has 4 nitrogen and oxygen atoms in total. The zero-order valence-electron chi connectivity index (χ0n) is 6.62. The van der Waals surface area contributed by atoms with Crippen molar-refractivity contribution in [2.24, 2.45) is 0 Å². The molecule has 0 amide bonds. The highest BCUT2D eigenvalue weighted by molar-refractivity contribution is 7.91. The van der Waals surface area contributed by atoms with E-state index in [1.54, 1.807) is 7.11 Å². The van der Waals surface area contributed by atoms with Gasteiger partial charge in [-0.15, -0.1) is 0 Å². The van der Waals surface area contributed by atoms with Crippen LogP contribution in [-0.2, 0) is 14.6 Å². The molecule has 0 radical (unpaired) electrons. The molecule has 0 aliphatic carbocycles. The van der Waals surface area contributed by atoms with Crippen molar-refractivity contribution in [1.82, 2.24) is 4.90 Å². The Morgan fingerprint density at radius 3 is 2.36 bits per heavy atom. The molecule has 0 aromatic carbocycles. The number of nitrogens with zero attached hydrogens (tertiary/aromatic N) is 1. The van der Waals surface area contributed by atoms with Crippen molar-refractivity contribution in [3.05, 3.63) is 0 Å². The van der Waals surface area contributed by atoms with E-state index in [1.165, 1.54) is 0 Å². The molecule has 1 aliphatic rings. The molecule has 0 unspecified atom stereocenters. The molecule has 0 spiro atoms. The molecule has 1 aliphatic heterocycles. The lowest BCUT2D eigenvalue weighted by molar-refractivity contribution is 0.0696. The maximum absolute atomic E-state index is 10.9. The maximum Gasteiger partial charge on any atom is 0.152 e. The molecule has 0 N–H and O–H groups in total. The summed E-state index contributed by atoms with van der Waals surface area (Å²) in [5, 5.41) is 0. The Labute approximate surface area is 67.1 Å². The van der Waals surface area contributed by atoms with Crippen molar-refractivity contribution in [1.29, 1.82) is 0 Å². The van der Waals surface area contributed by atoms with E-state index in [0.29, 0.717) is 19.8 Å². The first-order valence-electron chi connectivity index (χ1n) is 3.56. The van der Waals surface area contributed by atoms with E-state index in [0.717, 1.165) is 0 Å². The van der Waals surface area contributed by atoms with Gasteiger partial charge in [0, 0.05) is 20.2 Å². The van der Waals surface area contributed by atoms with Gasteiger partial charge in [-0.2, -0.15) is 0 Å². The largest absolute Gasteiger partial charge is 0.369 e. The van der Waals surface area contributed by atoms with Crippen LogP contribution in [0.3, 0.4) is 0 Å². The zero-order chi connectivity index (χ0) is 8.32. The number of hydrogen-bond donors (Lipinski definition) is 0. The Balaban J connectivity index is 2.36. The van der Waals surface area contributed by atoms with Crippen LogP contribution < -0.4 is 0 Å². The second-order valence-corrected chi connectivity index (χ2v) is 4.99. The quantitative estimate of drug-likeness (QED) is 0.563. The van der Waals surface area contributed by atoms with Crippen LogP contribution in [0.5, 0.6) is 0 Å². The van der Waals surface area contributed by atoms with Crippen molar-refractivity contribution < 1.29 is 13.2 Å². The highest BCUT2D eigenvalue weighted by atomic mass is 32.2. The number of ether oxygens (including phenoxy) is 1. The van der Waals surface area contributed by atoms with Crippen LogP contribution in [-0.4, -0.2) is 51.8 Å². The third-order valence-corrected chi connectivity index (χ3v) is 3.36. The normalized spacial score (nSPS) is 25.2. The van der Waals surface area contributed by atoms with Crippen LogP contribution in [0, 0.1) is 0 Å². The molecular weight excluding hydrogens is 166 g/mol. The Morgan fingerprint density at radius 1 is 1.36 bits per heavy atom. The molecule has 0 bridgehead atoms. The minimum Gasteiger partial charge on any atom is -0.369 e. The summed E-state index contributed by atoms with van der Waals surface area (Å²) in [5.41, 5.74) is 0. The van der Waals surface area contributed by atoms with Crippen molar-refractivity contribution in [2.45, 2.75) is 0 Å². The Bertz CT molecular complexity index is 198. The zero-order valence-corrected chi connectivity index (χ0v) is 7.43. The molecule has 1 saturated heterocycles. The summed E-state index contributed by atoms with van der Waals surface area (Å²) in [7, 11) is -1.12. The first-order valence-corrected chi connectivity index (χ1v) is 5.38. The summed E-state index contributed by atoms with van der Waals surface area (Å²) in [4.78, 5) is 1.99. The van der Waals surface area contributed by atoms with Crippen LogP contribution in [0.25, 0.3) is 0 Å². The lowest BCUT2D eigenvalue weighted by Crippen LogP contribution is -2.41. The summed E-state index contributed by atoms with van der Waals surface area (Å²) in [6, 6.07) is 0. The van der Waals surface area contributed by atoms with Gasteiger partial charge in [0.1, 0.15) is 0 Å². The molecule has 0 aromatic rings. The summed E-state index contributed by atoms with van der Waals surface area (Å²) < 4.78 is 26.7. The number of sulfone groups is 1. The van der Waals surface area contributed by atoms with Gasteiger partial charge in [-0.1, -0.05) is 0 Å². The van der Waals surface area contributed by atoms with Gasteiger partial charge in [0.15, 0.2) is 9.84 Å². The Hall–Kier alpha value is -0.130. The lowest BCUT2D eigenvalue weighted by atomic mass is 10.5. The van der Waals surface area contributed by atoms with Gasteiger partial charge in [0.25, 0.3) is 0 Å². The predicted molar refractivity (Wildman–Crippen MR) is 42.1 cm³/mol. The lowest BCUT2D eigenvalue weighted by Gasteiger charge is -2.25. The predicted octanol–water partition coefficient (Wildman–Crippen LogP) is -0.679. The fourth-order valence-electron chi connectivity index (χ4n) is 1.06. The van der Waals surface area contributed by atoms with Crippen LogP contribution >= 0.6 is 0 Å². The SMILES string of the molecule is COCN1CCS(=O)(=O)CC1. The van der Waals surface area contributed by atoms with E-state index >= 15 is 0 Å². The summed E-state index contributed by atoms with van der Waals surface area (Å²) in [6.45, 7) is 1.75. The Kier molecular flexibility index (Phi) is 2.86. The van der Waals surface area contributed by atoms with Gasteiger partial charge in [0.05, 0.1) is 18.2 Å². The fraction of sp³-hybridized carbons (Fsp3) is 1.00. The van der Waals surface area contributed by atoms with Crippen LogP contribution in [0.2, 0.25) is 0 Å². The Morgan fingerprint density at radius 2 is 1.91 bits per heavy atom. The highest BCUT2D eigenvalue weighted by Crippen LogP contribution is 2.02. The van der Waals surface area contributed by atoms with E-state index in [9.17, 15) is 8.42 Å². The standard InChI is InChI=1S/C6H13NO3S/c1-10-6-7-2-4-11(8,9)5-3-7/h2-6H2,1H3. The molecule has 5 heteroatoms. The van der Waals surface area contributed by atoms with Crippen LogP contribution in [0.1, 0.15) is 0 Å². The molecule has 66 valence electrons. The van der Waals surface area contributed by atoms with Crippen molar-refractivity contribution in [2.75, 3.05) is 38.4 Å². The van der Waals surface area contributed by atoms with Crippen LogP contribution in [0.4, 0.5) is 0 Å².